The maximum atomic E-state index is 11.8. The van der Waals surface area contributed by atoms with Gasteiger partial charge in [-0.3, -0.25) is 14.5 Å². The van der Waals surface area contributed by atoms with Gasteiger partial charge in [0.25, 0.3) is 0 Å². The van der Waals surface area contributed by atoms with Crippen LogP contribution in [0.3, 0.4) is 0 Å². The van der Waals surface area contributed by atoms with Gasteiger partial charge in [0.2, 0.25) is 17.6 Å². The predicted octanol–water partition coefficient (Wildman–Crippen LogP) is 4.72. The number of aromatic nitrogens is 7. The molecule has 12 heteroatoms. The third kappa shape index (κ3) is 5.22. The first-order chi connectivity index (χ1) is 19.8. The zero-order valence-electron chi connectivity index (χ0n) is 23.4. The van der Waals surface area contributed by atoms with E-state index < -0.39 is 5.76 Å². The Balaban J connectivity index is 1.57. The van der Waals surface area contributed by atoms with E-state index in [1.807, 2.05) is 6.07 Å². The van der Waals surface area contributed by atoms with E-state index in [1.165, 1.54) is 0 Å². The summed E-state index contributed by atoms with van der Waals surface area (Å²) >= 11 is 6.38. The minimum absolute atomic E-state index is 0.121. The van der Waals surface area contributed by atoms with Gasteiger partial charge in [0.15, 0.2) is 5.65 Å². The first kappa shape index (κ1) is 27.4. The van der Waals surface area contributed by atoms with Crippen LogP contribution in [0.4, 0.5) is 5.95 Å². The number of aromatic amines is 1. The molecule has 4 aromatic heterocycles. The van der Waals surface area contributed by atoms with Crippen LogP contribution in [0.2, 0.25) is 5.02 Å². The summed E-state index contributed by atoms with van der Waals surface area (Å²) in [5, 5.41) is 4.31. The number of hydrogen-bond donors (Lipinski definition) is 1. The Labute approximate surface area is 242 Å². The highest BCUT2D eigenvalue weighted by Gasteiger charge is 2.40. The number of halogens is 1. The van der Waals surface area contributed by atoms with Crippen LogP contribution < -0.4 is 10.7 Å². The van der Waals surface area contributed by atoms with Gasteiger partial charge in [0, 0.05) is 44.1 Å². The van der Waals surface area contributed by atoms with E-state index in [-0.39, 0.29) is 23.3 Å². The SMILES string of the molecule is C#CC1CCC(Cn2c(N3CCCC3C(C)(C)OC)nc3nc(-c4noc(=O)[nH]4)nc(-c4cncc(Cl)c4)c32)CC1. The largest absolute Gasteiger partial charge is 0.439 e. The molecule has 1 saturated carbocycles. The van der Waals surface area contributed by atoms with Crippen LogP contribution in [-0.2, 0) is 11.3 Å². The average Bonchev–Trinajstić information content (AvgIpc) is 3.72. The van der Waals surface area contributed by atoms with Crippen molar-refractivity contribution in [2.75, 3.05) is 18.6 Å². The zero-order valence-corrected chi connectivity index (χ0v) is 24.2. The van der Waals surface area contributed by atoms with Gasteiger partial charge in [-0.05, 0) is 64.4 Å². The fraction of sp³-hybridized carbons (Fsp3) is 0.517. The number of anilines is 1. The molecule has 1 N–H and O–H groups in total. The molecule has 41 heavy (non-hydrogen) atoms. The van der Waals surface area contributed by atoms with Crippen LogP contribution in [-0.4, -0.2) is 59.9 Å². The van der Waals surface area contributed by atoms with Crippen LogP contribution in [0.15, 0.2) is 27.8 Å². The molecule has 1 aliphatic heterocycles. The average molecular weight is 577 g/mol. The molecule has 214 valence electrons. The number of terminal acetylenes is 1. The molecule has 4 aromatic rings. The van der Waals surface area contributed by atoms with E-state index in [0.29, 0.717) is 33.8 Å². The molecular formula is C29H33ClN8O3. The van der Waals surface area contributed by atoms with E-state index in [0.717, 1.165) is 63.1 Å². The van der Waals surface area contributed by atoms with Gasteiger partial charge < -0.3 is 14.2 Å². The third-order valence-corrected chi connectivity index (χ3v) is 8.78. The maximum absolute atomic E-state index is 11.8. The highest BCUT2D eigenvalue weighted by Crippen LogP contribution is 2.39. The van der Waals surface area contributed by atoms with Crippen molar-refractivity contribution in [2.24, 2.45) is 11.8 Å². The molecule has 11 nitrogen and oxygen atoms in total. The van der Waals surface area contributed by atoms with E-state index >= 15 is 0 Å². The zero-order chi connectivity index (χ0) is 28.7. The number of pyridine rings is 1. The molecule has 0 aromatic carbocycles. The number of methoxy groups -OCH3 is 1. The molecule has 0 amide bonds. The van der Waals surface area contributed by atoms with Crippen LogP contribution >= 0.6 is 11.6 Å². The standard InChI is InChI=1S/C29H33ClN8O3/c1-5-17-8-10-18(11-9-17)16-38-23-22(19-13-20(30)15-31-14-19)32-25(26-35-28(39)41-36-26)33-24(23)34-27(38)37-12-6-7-21(37)29(2,3)40-4/h1,13-15,17-18,21H,6-12,16H2,2-4H3,(H,35,36,39). The smallest absolute Gasteiger partial charge is 0.377 e. The lowest BCUT2D eigenvalue weighted by atomic mass is 9.82. The summed E-state index contributed by atoms with van der Waals surface area (Å²) in [4.78, 5) is 35.8. The van der Waals surface area contributed by atoms with Crippen molar-refractivity contribution in [3.05, 3.63) is 34.0 Å². The molecule has 0 bridgehead atoms. The Hall–Kier alpha value is -3.75. The monoisotopic (exact) mass is 576 g/mol. The number of nitrogens with zero attached hydrogens (tertiary/aromatic N) is 7. The minimum Gasteiger partial charge on any atom is -0.377 e. The van der Waals surface area contributed by atoms with Crippen molar-refractivity contribution in [1.29, 1.82) is 0 Å². The van der Waals surface area contributed by atoms with E-state index in [2.05, 4.69) is 44.4 Å². The molecule has 6 rings (SSSR count). The lowest BCUT2D eigenvalue weighted by Crippen LogP contribution is -2.48. The predicted molar refractivity (Wildman–Crippen MR) is 155 cm³/mol. The molecule has 0 radical (unpaired) electrons. The van der Waals surface area contributed by atoms with Gasteiger partial charge >= 0.3 is 5.76 Å². The Kier molecular flexibility index (Phi) is 7.30. The summed E-state index contributed by atoms with van der Waals surface area (Å²) in [6.45, 7) is 5.82. The van der Waals surface area contributed by atoms with Crippen molar-refractivity contribution >= 4 is 28.7 Å². The first-order valence-corrected chi connectivity index (χ1v) is 14.4. The van der Waals surface area contributed by atoms with Crippen LogP contribution in [0.25, 0.3) is 34.1 Å². The summed E-state index contributed by atoms with van der Waals surface area (Å²) in [5.41, 5.74) is 2.18. The lowest BCUT2D eigenvalue weighted by Gasteiger charge is -2.37. The molecule has 2 fully saturated rings. The summed E-state index contributed by atoms with van der Waals surface area (Å²) in [7, 11) is 1.75. The van der Waals surface area contributed by atoms with Crippen LogP contribution in [0.5, 0.6) is 0 Å². The van der Waals surface area contributed by atoms with Crippen molar-refractivity contribution < 1.29 is 9.26 Å². The number of H-pyrrole nitrogens is 1. The molecule has 1 saturated heterocycles. The minimum atomic E-state index is -0.690. The first-order valence-electron chi connectivity index (χ1n) is 14.0. The topological polar surface area (TPSA) is 128 Å². The van der Waals surface area contributed by atoms with Crippen LogP contribution in [0, 0.1) is 24.2 Å². The highest BCUT2D eigenvalue weighted by molar-refractivity contribution is 6.30. The summed E-state index contributed by atoms with van der Waals surface area (Å²) < 4.78 is 13.0. The quantitative estimate of drug-likeness (QED) is 0.311. The molecule has 5 heterocycles. The fourth-order valence-electron chi connectivity index (χ4n) is 6.23. The lowest BCUT2D eigenvalue weighted by molar-refractivity contribution is 0.00151. The molecule has 1 aliphatic carbocycles. The number of ether oxygens (including phenoxy) is 1. The second-order valence-electron chi connectivity index (χ2n) is 11.5. The van der Waals surface area contributed by atoms with Crippen molar-refractivity contribution in [3.8, 4) is 35.2 Å². The Morgan fingerprint density at radius 3 is 2.68 bits per heavy atom. The molecule has 1 atom stereocenters. The summed E-state index contributed by atoms with van der Waals surface area (Å²) in [6.07, 6.45) is 15.1. The number of hydrogen-bond acceptors (Lipinski definition) is 9. The highest BCUT2D eigenvalue weighted by atomic mass is 35.5. The van der Waals surface area contributed by atoms with E-state index in [1.54, 1.807) is 19.5 Å². The van der Waals surface area contributed by atoms with E-state index in [4.69, 9.17) is 42.2 Å². The van der Waals surface area contributed by atoms with E-state index in [9.17, 15) is 4.79 Å². The van der Waals surface area contributed by atoms with Gasteiger partial charge in [0.05, 0.1) is 16.7 Å². The number of fused-ring (bicyclic) bond motifs is 1. The number of nitrogens with one attached hydrogen (secondary N) is 1. The molecule has 1 unspecified atom stereocenters. The van der Waals surface area contributed by atoms with Gasteiger partial charge in [-0.2, -0.15) is 4.98 Å². The van der Waals surface area contributed by atoms with Crippen molar-refractivity contribution in [1.82, 2.24) is 34.6 Å². The number of imidazole rings is 1. The Morgan fingerprint density at radius 1 is 1.20 bits per heavy atom. The van der Waals surface area contributed by atoms with Gasteiger partial charge in [-0.15, -0.1) is 12.3 Å². The molecular weight excluding hydrogens is 544 g/mol. The second-order valence-corrected chi connectivity index (χ2v) is 11.9. The van der Waals surface area contributed by atoms with Crippen molar-refractivity contribution in [3.63, 3.8) is 0 Å². The maximum Gasteiger partial charge on any atom is 0.439 e. The van der Waals surface area contributed by atoms with Gasteiger partial charge in [-0.1, -0.05) is 16.8 Å². The molecule has 0 spiro atoms. The molecule has 2 aliphatic rings. The third-order valence-electron chi connectivity index (χ3n) is 8.57. The van der Waals surface area contributed by atoms with Crippen LogP contribution in [0.1, 0.15) is 52.4 Å². The van der Waals surface area contributed by atoms with Gasteiger partial charge in [0.1, 0.15) is 11.2 Å². The van der Waals surface area contributed by atoms with Crippen molar-refractivity contribution in [2.45, 2.75) is 70.6 Å². The Morgan fingerprint density at radius 2 is 2.00 bits per heavy atom. The summed E-state index contributed by atoms with van der Waals surface area (Å²) in [6, 6.07) is 1.93. The normalized spacial score (nSPS) is 21.4. The summed E-state index contributed by atoms with van der Waals surface area (Å²) in [5.74, 6) is 4.14. The fourth-order valence-corrected chi connectivity index (χ4v) is 6.40. The van der Waals surface area contributed by atoms with Gasteiger partial charge in [-0.25, -0.2) is 14.8 Å². The number of rotatable bonds is 7. The Bertz CT molecular complexity index is 1660. The second kappa shape index (κ2) is 10.9.